The highest BCUT2D eigenvalue weighted by Crippen LogP contribution is 2.61. The van der Waals surface area contributed by atoms with Crippen LogP contribution >= 0.6 is 0 Å². The Balaban J connectivity index is 1.30. The molecule has 2 nitrogen and oxygen atoms in total. The van der Waals surface area contributed by atoms with Crippen LogP contribution in [-0.2, 0) is 4.74 Å². The maximum atomic E-state index is 6.49. The molecule has 2 saturated carbocycles. The molecule has 6 aliphatic carbocycles. The summed E-state index contributed by atoms with van der Waals surface area (Å²) in [7, 11) is 0. The fraction of sp³-hybridized carbons (Fsp3) is 0.419. The summed E-state index contributed by atoms with van der Waals surface area (Å²) < 4.78 is 6.49. The van der Waals surface area contributed by atoms with E-state index in [1.807, 2.05) is 0 Å². The molecule has 0 bridgehead atoms. The minimum absolute atomic E-state index is 0.0740. The summed E-state index contributed by atoms with van der Waals surface area (Å²) in [5.74, 6) is 3.99. The van der Waals surface area contributed by atoms with Gasteiger partial charge < -0.3 is 9.64 Å². The van der Waals surface area contributed by atoms with Crippen LogP contribution < -0.4 is 0 Å². The van der Waals surface area contributed by atoms with Gasteiger partial charge in [0.05, 0.1) is 11.7 Å². The van der Waals surface area contributed by atoms with Crippen molar-refractivity contribution in [3.05, 3.63) is 107 Å². The molecule has 33 heavy (non-hydrogen) atoms. The van der Waals surface area contributed by atoms with Crippen LogP contribution in [0.3, 0.4) is 0 Å². The van der Waals surface area contributed by atoms with Gasteiger partial charge in [0.2, 0.25) is 0 Å². The number of rotatable bonds is 2. The molecule has 1 aliphatic heterocycles. The molecule has 2 heteroatoms. The summed E-state index contributed by atoms with van der Waals surface area (Å²) in [5.41, 5.74) is 7.23. The van der Waals surface area contributed by atoms with Crippen LogP contribution in [0.5, 0.6) is 0 Å². The fourth-order valence-electron chi connectivity index (χ4n) is 7.28. The number of allylic oxidation sites excluding steroid dienone is 13. The number of ether oxygens (including phenoxy) is 1. The molecular formula is C31H33NO. The highest BCUT2D eigenvalue weighted by molar-refractivity contribution is 5.48. The summed E-state index contributed by atoms with van der Waals surface area (Å²) in [5, 5.41) is 0. The molecule has 0 amide bonds. The van der Waals surface area contributed by atoms with Crippen molar-refractivity contribution in [2.75, 3.05) is 0 Å². The molecular weight excluding hydrogens is 402 g/mol. The van der Waals surface area contributed by atoms with E-state index in [-0.39, 0.29) is 17.6 Å². The predicted octanol–water partition coefficient (Wildman–Crippen LogP) is 6.77. The minimum Gasteiger partial charge on any atom is -0.482 e. The molecule has 168 valence electrons. The second-order valence-corrected chi connectivity index (χ2v) is 11.5. The number of fused-ring (bicyclic) bond motifs is 6. The SMILES string of the molecule is C=C(C)C1=CC=C2C3C=CC(N4C5=C(C=CC6CC56)OC5C=CC=CC54)=CC3C(C)(C)C2C1. The van der Waals surface area contributed by atoms with E-state index in [4.69, 9.17) is 4.74 Å². The van der Waals surface area contributed by atoms with E-state index < -0.39 is 0 Å². The Bertz CT molecular complexity index is 1200. The molecule has 2 fully saturated rings. The highest BCUT2D eigenvalue weighted by Gasteiger charge is 2.53. The monoisotopic (exact) mass is 435 g/mol. The van der Waals surface area contributed by atoms with Crippen molar-refractivity contribution in [1.82, 2.24) is 4.90 Å². The first-order valence-corrected chi connectivity index (χ1v) is 12.6. The molecule has 1 heterocycles. The Morgan fingerprint density at radius 3 is 2.79 bits per heavy atom. The van der Waals surface area contributed by atoms with Crippen LogP contribution in [0.15, 0.2) is 107 Å². The maximum Gasteiger partial charge on any atom is 0.141 e. The van der Waals surface area contributed by atoms with Crippen molar-refractivity contribution in [3.8, 4) is 0 Å². The van der Waals surface area contributed by atoms with Crippen molar-refractivity contribution in [2.45, 2.75) is 45.8 Å². The van der Waals surface area contributed by atoms with Crippen LogP contribution in [0.2, 0.25) is 0 Å². The van der Waals surface area contributed by atoms with Crippen molar-refractivity contribution in [2.24, 2.45) is 35.0 Å². The first kappa shape index (κ1) is 19.7. The van der Waals surface area contributed by atoms with Crippen LogP contribution in [-0.4, -0.2) is 17.0 Å². The smallest absolute Gasteiger partial charge is 0.141 e. The third kappa shape index (κ3) is 2.73. The van der Waals surface area contributed by atoms with Gasteiger partial charge in [-0.1, -0.05) is 80.2 Å². The van der Waals surface area contributed by atoms with Gasteiger partial charge in [-0.15, -0.1) is 0 Å². The van der Waals surface area contributed by atoms with Gasteiger partial charge in [-0.05, 0) is 66.7 Å². The van der Waals surface area contributed by atoms with Crippen molar-refractivity contribution < 1.29 is 4.74 Å². The van der Waals surface area contributed by atoms with Crippen LogP contribution in [0.25, 0.3) is 0 Å². The largest absolute Gasteiger partial charge is 0.482 e. The summed E-state index contributed by atoms with van der Waals surface area (Å²) >= 11 is 0. The molecule has 7 rings (SSSR count). The van der Waals surface area contributed by atoms with Gasteiger partial charge in [-0.3, -0.25) is 0 Å². The third-order valence-electron chi connectivity index (χ3n) is 9.30. The minimum atomic E-state index is 0.0740. The first-order valence-electron chi connectivity index (χ1n) is 12.6. The van der Waals surface area contributed by atoms with Gasteiger partial charge in [0, 0.05) is 17.5 Å². The second kappa shape index (κ2) is 6.65. The van der Waals surface area contributed by atoms with Crippen molar-refractivity contribution in [1.29, 1.82) is 0 Å². The van der Waals surface area contributed by atoms with E-state index >= 15 is 0 Å². The topological polar surface area (TPSA) is 12.5 Å². The predicted molar refractivity (Wildman–Crippen MR) is 134 cm³/mol. The number of nitrogens with zero attached hydrogens (tertiary/aromatic N) is 1. The van der Waals surface area contributed by atoms with E-state index in [0.717, 1.165) is 12.2 Å². The zero-order valence-corrected chi connectivity index (χ0v) is 19.9. The Hall–Kier alpha value is -2.74. The zero-order valence-electron chi connectivity index (χ0n) is 19.9. The zero-order chi connectivity index (χ0) is 22.5. The van der Waals surface area contributed by atoms with Crippen LogP contribution in [0, 0.1) is 35.0 Å². The van der Waals surface area contributed by atoms with Gasteiger partial charge in [0.1, 0.15) is 11.9 Å². The molecule has 0 spiro atoms. The van der Waals surface area contributed by atoms with E-state index in [0.29, 0.717) is 29.6 Å². The van der Waals surface area contributed by atoms with Crippen LogP contribution in [0.1, 0.15) is 33.6 Å². The average molecular weight is 436 g/mol. The second-order valence-electron chi connectivity index (χ2n) is 11.5. The molecule has 7 atom stereocenters. The lowest BCUT2D eigenvalue weighted by Crippen LogP contribution is -2.47. The standard InChI is InChI=1S/C31H33NO/c1-18(2)19-9-12-22-23-13-11-21(17-26(23)31(3,4)25(22)16-19)32-27-7-5-6-8-28(27)33-29-14-10-20-15-24(20)30(29)32/h5-14,17,20,23-28H,1,15-16H2,2-4H3. The summed E-state index contributed by atoms with van der Waals surface area (Å²) in [4.78, 5) is 2.63. The van der Waals surface area contributed by atoms with E-state index in [1.165, 1.54) is 29.0 Å². The van der Waals surface area contributed by atoms with Crippen molar-refractivity contribution in [3.63, 3.8) is 0 Å². The lowest BCUT2D eigenvalue weighted by atomic mass is 9.70. The summed E-state index contributed by atoms with van der Waals surface area (Å²) in [6, 6.07) is 0.233. The van der Waals surface area contributed by atoms with E-state index in [2.05, 4.69) is 99.1 Å². The Kier molecular flexibility index (Phi) is 3.97. The van der Waals surface area contributed by atoms with Crippen molar-refractivity contribution >= 4 is 0 Å². The summed E-state index contributed by atoms with van der Waals surface area (Å²) in [6.45, 7) is 11.3. The average Bonchev–Trinajstić information content (AvgIpc) is 3.58. The van der Waals surface area contributed by atoms with Crippen LogP contribution in [0.4, 0.5) is 0 Å². The van der Waals surface area contributed by atoms with E-state index in [9.17, 15) is 0 Å². The Morgan fingerprint density at radius 2 is 1.94 bits per heavy atom. The van der Waals surface area contributed by atoms with Gasteiger partial charge in [-0.25, -0.2) is 0 Å². The summed E-state index contributed by atoms with van der Waals surface area (Å²) in [6.07, 6.45) is 28.2. The van der Waals surface area contributed by atoms with Gasteiger partial charge in [0.25, 0.3) is 0 Å². The van der Waals surface area contributed by atoms with Gasteiger partial charge in [0.15, 0.2) is 0 Å². The molecule has 7 unspecified atom stereocenters. The Morgan fingerprint density at radius 1 is 1.09 bits per heavy atom. The molecule has 0 aromatic rings. The highest BCUT2D eigenvalue weighted by atomic mass is 16.5. The lowest BCUT2D eigenvalue weighted by molar-refractivity contribution is 0.0643. The van der Waals surface area contributed by atoms with E-state index in [1.54, 1.807) is 5.57 Å². The molecule has 0 N–H and O–H groups in total. The van der Waals surface area contributed by atoms with Gasteiger partial charge >= 0.3 is 0 Å². The Labute approximate surface area is 197 Å². The normalized spacial score (nSPS) is 40.5. The fourth-order valence-corrected chi connectivity index (χ4v) is 7.28. The first-order chi connectivity index (χ1) is 15.9. The van der Waals surface area contributed by atoms with Gasteiger partial charge in [-0.2, -0.15) is 0 Å². The quantitative estimate of drug-likeness (QED) is 0.474. The molecule has 0 aromatic carbocycles. The molecule has 0 aromatic heterocycles. The number of hydrogen-bond acceptors (Lipinski definition) is 2. The maximum absolute atomic E-state index is 6.49. The third-order valence-corrected chi connectivity index (χ3v) is 9.30. The lowest BCUT2D eigenvalue weighted by Gasteiger charge is -2.46. The molecule has 7 aliphatic rings. The molecule has 0 saturated heterocycles. The molecule has 0 radical (unpaired) electrons. The number of hydrogen-bond donors (Lipinski definition) is 0.